The Morgan fingerprint density at radius 2 is 1.66 bits per heavy atom. The molecule has 1 heterocycles. The highest BCUT2D eigenvalue weighted by Gasteiger charge is 2.23. The second kappa shape index (κ2) is 10.0. The summed E-state index contributed by atoms with van der Waals surface area (Å²) >= 11 is 0. The summed E-state index contributed by atoms with van der Waals surface area (Å²) in [6, 6.07) is 24.8. The summed E-state index contributed by atoms with van der Waals surface area (Å²) in [6.45, 7) is 2.05. The molecule has 1 saturated heterocycles. The van der Waals surface area contributed by atoms with Crippen LogP contribution in [0.25, 0.3) is 0 Å². The van der Waals surface area contributed by atoms with Crippen molar-refractivity contribution in [1.29, 1.82) is 0 Å². The smallest absolute Gasteiger partial charge is 0.255 e. The fourth-order valence-electron chi connectivity index (χ4n) is 3.85. The van der Waals surface area contributed by atoms with Gasteiger partial charge in [0, 0.05) is 35.9 Å². The lowest BCUT2D eigenvalue weighted by Crippen LogP contribution is -2.38. The Morgan fingerprint density at radius 1 is 0.938 bits per heavy atom. The molecule has 0 unspecified atom stereocenters. The molecule has 0 spiro atoms. The molecule has 0 bridgehead atoms. The number of piperidine rings is 1. The fraction of sp³-hybridized carbons (Fsp3) is 0.231. The van der Waals surface area contributed by atoms with Gasteiger partial charge in [0.15, 0.2) is 0 Å². The van der Waals surface area contributed by atoms with Gasteiger partial charge >= 0.3 is 0 Å². The lowest BCUT2D eigenvalue weighted by molar-refractivity contribution is -0.122. The zero-order valence-corrected chi connectivity index (χ0v) is 17.9. The number of hydrogen-bond acceptors (Lipinski definition) is 4. The van der Waals surface area contributed by atoms with Crippen LogP contribution in [0.5, 0.6) is 5.75 Å². The first-order valence-corrected chi connectivity index (χ1v) is 10.8. The van der Waals surface area contributed by atoms with Gasteiger partial charge in [-0.05, 0) is 60.9 Å². The number of nitrogens with two attached hydrogens (primary N) is 1. The van der Waals surface area contributed by atoms with E-state index in [4.69, 9.17) is 10.5 Å². The minimum atomic E-state index is -0.211. The van der Waals surface area contributed by atoms with Crippen LogP contribution in [0, 0.1) is 5.92 Å². The molecule has 164 valence electrons. The van der Waals surface area contributed by atoms with E-state index in [2.05, 4.69) is 10.2 Å². The highest BCUT2D eigenvalue weighted by Crippen LogP contribution is 2.25. The third-order valence-corrected chi connectivity index (χ3v) is 5.73. The van der Waals surface area contributed by atoms with E-state index in [-0.39, 0.29) is 17.7 Å². The molecule has 1 fully saturated rings. The predicted octanol–water partition coefficient (Wildman–Crippen LogP) is 4.22. The Labute approximate surface area is 188 Å². The van der Waals surface area contributed by atoms with Crippen molar-refractivity contribution in [3.8, 4) is 5.75 Å². The van der Waals surface area contributed by atoms with Crippen LogP contribution in [-0.4, -0.2) is 24.9 Å². The van der Waals surface area contributed by atoms with Crippen molar-refractivity contribution in [2.75, 3.05) is 23.3 Å². The number of anilines is 2. The summed E-state index contributed by atoms with van der Waals surface area (Å²) in [7, 11) is 0. The summed E-state index contributed by atoms with van der Waals surface area (Å²) in [5.74, 6) is 0.218. The van der Waals surface area contributed by atoms with Crippen LogP contribution in [0.2, 0.25) is 0 Å². The standard InChI is InChI=1S/C26H27N3O3/c27-25(30)20-13-15-29(16-14-20)23-11-9-22(10-12-23)28-26(31)21-7-4-8-24(17-21)32-18-19-5-2-1-3-6-19/h1-12,17,20H,13-16,18H2,(H2,27,30)(H,28,31). The average Bonchev–Trinajstić information content (AvgIpc) is 2.84. The number of rotatable bonds is 7. The highest BCUT2D eigenvalue weighted by atomic mass is 16.5. The van der Waals surface area contributed by atoms with E-state index in [1.807, 2.05) is 66.7 Å². The Morgan fingerprint density at radius 3 is 2.34 bits per heavy atom. The third kappa shape index (κ3) is 5.46. The van der Waals surface area contributed by atoms with E-state index in [1.165, 1.54) is 0 Å². The Hall–Kier alpha value is -3.80. The monoisotopic (exact) mass is 429 g/mol. The number of benzene rings is 3. The fourth-order valence-corrected chi connectivity index (χ4v) is 3.85. The largest absolute Gasteiger partial charge is 0.489 e. The highest BCUT2D eigenvalue weighted by molar-refractivity contribution is 6.04. The van der Waals surface area contributed by atoms with Gasteiger partial charge in [-0.25, -0.2) is 0 Å². The van der Waals surface area contributed by atoms with Gasteiger partial charge in [-0.2, -0.15) is 0 Å². The van der Waals surface area contributed by atoms with Crippen LogP contribution < -0.4 is 20.7 Å². The van der Waals surface area contributed by atoms with E-state index in [0.29, 0.717) is 17.9 Å². The van der Waals surface area contributed by atoms with E-state index >= 15 is 0 Å². The van der Waals surface area contributed by atoms with E-state index in [0.717, 1.165) is 42.9 Å². The van der Waals surface area contributed by atoms with Gasteiger partial charge in [-0.15, -0.1) is 0 Å². The van der Waals surface area contributed by atoms with Gasteiger partial charge in [0.05, 0.1) is 0 Å². The zero-order chi connectivity index (χ0) is 22.3. The van der Waals surface area contributed by atoms with Crippen LogP contribution >= 0.6 is 0 Å². The molecule has 1 aliphatic rings. The van der Waals surface area contributed by atoms with Crippen molar-refractivity contribution in [1.82, 2.24) is 0 Å². The van der Waals surface area contributed by atoms with Crippen LogP contribution in [-0.2, 0) is 11.4 Å². The number of carbonyl (C=O) groups excluding carboxylic acids is 2. The first kappa shape index (κ1) is 21.4. The normalized spacial score (nSPS) is 14.1. The average molecular weight is 430 g/mol. The Kier molecular flexibility index (Phi) is 6.70. The van der Waals surface area contributed by atoms with Gasteiger partial charge < -0.3 is 20.7 Å². The lowest BCUT2D eigenvalue weighted by atomic mass is 9.96. The molecule has 3 aromatic rings. The maximum atomic E-state index is 12.7. The van der Waals surface area contributed by atoms with Crippen LogP contribution in [0.15, 0.2) is 78.9 Å². The number of nitrogens with zero attached hydrogens (tertiary/aromatic N) is 1. The number of amides is 2. The minimum absolute atomic E-state index is 0.0303. The Bertz CT molecular complexity index is 1060. The molecule has 6 nitrogen and oxygen atoms in total. The van der Waals surface area contributed by atoms with E-state index < -0.39 is 0 Å². The molecular formula is C26H27N3O3. The topological polar surface area (TPSA) is 84.7 Å². The molecule has 0 atom stereocenters. The number of primary amides is 1. The Balaban J connectivity index is 1.33. The van der Waals surface area contributed by atoms with Gasteiger partial charge in [0.1, 0.15) is 12.4 Å². The van der Waals surface area contributed by atoms with Gasteiger partial charge in [-0.1, -0.05) is 36.4 Å². The number of hydrogen-bond donors (Lipinski definition) is 2. The lowest BCUT2D eigenvalue weighted by Gasteiger charge is -2.32. The maximum Gasteiger partial charge on any atom is 0.255 e. The van der Waals surface area contributed by atoms with Crippen molar-refractivity contribution >= 4 is 23.2 Å². The molecule has 3 aromatic carbocycles. The first-order chi connectivity index (χ1) is 15.6. The predicted molar refractivity (Wildman–Crippen MR) is 126 cm³/mol. The zero-order valence-electron chi connectivity index (χ0n) is 17.9. The number of nitrogens with one attached hydrogen (secondary N) is 1. The van der Waals surface area contributed by atoms with E-state index in [1.54, 1.807) is 12.1 Å². The summed E-state index contributed by atoms with van der Waals surface area (Å²) in [5.41, 5.74) is 8.81. The number of carbonyl (C=O) groups is 2. The number of ether oxygens (including phenoxy) is 1. The molecule has 32 heavy (non-hydrogen) atoms. The van der Waals surface area contributed by atoms with Crippen LogP contribution in [0.4, 0.5) is 11.4 Å². The molecule has 1 aliphatic heterocycles. The second-order valence-corrected chi connectivity index (χ2v) is 7.97. The van der Waals surface area contributed by atoms with Crippen molar-refractivity contribution < 1.29 is 14.3 Å². The van der Waals surface area contributed by atoms with Crippen molar-refractivity contribution in [2.45, 2.75) is 19.4 Å². The molecule has 0 aromatic heterocycles. The summed E-state index contributed by atoms with van der Waals surface area (Å²) in [4.78, 5) is 26.3. The summed E-state index contributed by atoms with van der Waals surface area (Å²) in [5, 5.41) is 2.94. The first-order valence-electron chi connectivity index (χ1n) is 10.8. The van der Waals surface area contributed by atoms with Crippen LogP contribution in [0.3, 0.4) is 0 Å². The molecule has 6 heteroatoms. The molecule has 0 radical (unpaired) electrons. The third-order valence-electron chi connectivity index (χ3n) is 5.73. The molecule has 2 amide bonds. The van der Waals surface area contributed by atoms with Crippen LogP contribution in [0.1, 0.15) is 28.8 Å². The van der Waals surface area contributed by atoms with E-state index in [9.17, 15) is 9.59 Å². The quantitative estimate of drug-likeness (QED) is 0.589. The summed E-state index contributed by atoms with van der Waals surface area (Å²) < 4.78 is 5.82. The SMILES string of the molecule is NC(=O)C1CCN(c2ccc(NC(=O)c3cccc(OCc4ccccc4)c3)cc2)CC1. The van der Waals surface area contributed by atoms with Crippen molar-refractivity contribution in [3.63, 3.8) is 0 Å². The van der Waals surface area contributed by atoms with Gasteiger partial charge in [0.25, 0.3) is 5.91 Å². The van der Waals surface area contributed by atoms with Crippen molar-refractivity contribution in [2.24, 2.45) is 11.7 Å². The minimum Gasteiger partial charge on any atom is -0.489 e. The second-order valence-electron chi connectivity index (χ2n) is 7.97. The maximum absolute atomic E-state index is 12.7. The molecule has 0 aliphatic carbocycles. The summed E-state index contributed by atoms with van der Waals surface area (Å²) in [6.07, 6.45) is 1.55. The molecule has 3 N–H and O–H groups in total. The van der Waals surface area contributed by atoms with Crippen molar-refractivity contribution in [3.05, 3.63) is 90.0 Å². The van der Waals surface area contributed by atoms with Gasteiger partial charge in [0.2, 0.25) is 5.91 Å². The molecule has 0 saturated carbocycles. The molecule has 4 rings (SSSR count). The van der Waals surface area contributed by atoms with Gasteiger partial charge in [-0.3, -0.25) is 9.59 Å². The molecular weight excluding hydrogens is 402 g/mol.